The summed E-state index contributed by atoms with van der Waals surface area (Å²) in [7, 11) is 1.48. The average molecular weight is 348 g/mol. The number of benzene rings is 2. The molecule has 7 heteroatoms. The number of aromatic nitrogens is 2. The van der Waals surface area contributed by atoms with Crippen LogP contribution in [0, 0.1) is 11.3 Å². The molecule has 0 aliphatic carbocycles. The van der Waals surface area contributed by atoms with Crippen LogP contribution in [-0.2, 0) is 4.79 Å². The molecule has 1 N–H and O–H groups in total. The van der Waals surface area contributed by atoms with E-state index in [1.165, 1.54) is 7.11 Å². The lowest BCUT2D eigenvalue weighted by molar-refractivity contribution is -0.118. The summed E-state index contributed by atoms with van der Waals surface area (Å²) in [5.74, 6) is 0.499. The second kappa shape index (κ2) is 7.85. The summed E-state index contributed by atoms with van der Waals surface area (Å²) in [4.78, 5) is 12.1. The first kappa shape index (κ1) is 17.0. The molecule has 0 fully saturated rings. The third-order valence-corrected chi connectivity index (χ3v) is 3.57. The van der Waals surface area contributed by atoms with E-state index in [9.17, 15) is 4.79 Å². The summed E-state index contributed by atoms with van der Waals surface area (Å²) < 4.78 is 12.4. The monoisotopic (exact) mass is 348 g/mol. The van der Waals surface area contributed by atoms with Crippen molar-refractivity contribution < 1.29 is 14.3 Å². The highest BCUT2D eigenvalue weighted by Crippen LogP contribution is 2.27. The zero-order chi connectivity index (χ0) is 18.4. The van der Waals surface area contributed by atoms with Gasteiger partial charge in [-0.3, -0.25) is 4.79 Å². The first-order valence-corrected chi connectivity index (χ1v) is 7.80. The van der Waals surface area contributed by atoms with E-state index in [1.54, 1.807) is 41.2 Å². The molecule has 0 unspecified atom stereocenters. The van der Waals surface area contributed by atoms with Crippen molar-refractivity contribution in [2.75, 3.05) is 19.0 Å². The van der Waals surface area contributed by atoms with Gasteiger partial charge in [-0.2, -0.15) is 10.4 Å². The molecule has 0 spiro atoms. The number of nitrogens with one attached hydrogen (secondary N) is 1. The standard InChI is InChI=1S/C19H16N4O3/c1-25-18-11-14(12-20)3-8-17(18)26-13-19(24)22-15-4-6-16(7-5-15)23-10-2-9-21-23/h2-11H,13H2,1H3,(H,22,24). The average Bonchev–Trinajstić information content (AvgIpc) is 3.21. The van der Waals surface area contributed by atoms with E-state index in [2.05, 4.69) is 10.4 Å². The van der Waals surface area contributed by atoms with Gasteiger partial charge < -0.3 is 14.8 Å². The van der Waals surface area contributed by atoms with E-state index in [0.717, 1.165) is 5.69 Å². The Balaban J connectivity index is 1.58. The van der Waals surface area contributed by atoms with Gasteiger partial charge in [0, 0.05) is 24.1 Å². The van der Waals surface area contributed by atoms with Crippen molar-refractivity contribution in [3.8, 4) is 23.3 Å². The molecule has 1 heterocycles. The van der Waals surface area contributed by atoms with E-state index in [0.29, 0.717) is 22.7 Å². The molecular formula is C19H16N4O3. The van der Waals surface area contributed by atoms with Gasteiger partial charge >= 0.3 is 0 Å². The maximum atomic E-state index is 12.1. The normalized spacial score (nSPS) is 10.0. The Hall–Kier alpha value is -3.79. The van der Waals surface area contributed by atoms with Crippen LogP contribution in [0.5, 0.6) is 11.5 Å². The topological polar surface area (TPSA) is 89.2 Å². The van der Waals surface area contributed by atoms with Crippen LogP contribution >= 0.6 is 0 Å². The Labute approximate surface area is 150 Å². The summed E-state index contributed by atoms with van der Waals surface area (Å²) in [6.07, 6.45) is 3.54. The van der Waals surface area contributed by atoms with Crippen molar-refractivity contribution >= 4 is 11.6 Å². The highest BCUT2D eigenvalue weighted by atomic mass is 16.5. The molecule has 0 atom stereocenters. The van der Waals surface area contributed by atoms with E-state index in [-0.39, 0.29) is 12.5 Å². The molecule has 130 valence electrons. The van der Waals surface area contributed by atoms with Crippen LogP contribution in [-0.4, -0.2) is 29.4 Å². The number of methoxy groups -OCH3 is 1. The van der Waals surface area contributed by atoms with E-state index < -0.39 is 0 Å². The van der Waals surface area contributed by atoms with Crippen LogP contribution in [0.15, 0.2) is 60.9 Å². The van der Waals surface area contributed by atoms with Gasteiger partial charge in [-0.15, -0.1) is 0 Å². The van der Waals surface area contributed by atoms with Crippen molar-refractivity contribution in [3.05, 3.63) is 66.5 Å². The van der Waals surface area contributed by atoms with E-state index in [1.807, 2.05) is 30.5 Å². The van der Waals surface area contributed by atoms with E-state index in [4.69, 9.17) is 14.7 Å². The fourth-order valence-electron chi connectivity index (χ4n) is 2.32. The summed E-state index contributed by atoms with van der Waals surface area (Å²) in [5.41, 5.74) is 2.00. The maximum Gasteiger partial charge on any atom is 0.262 e. The SMILES string of the molecule is COc1cc(C#N)ccc1OCC(=O)Nc1ccc(-n2cccn2)cc1. The molecule has 1 amide bonds. The fourth-order valence-corrected chi connectivity index (χ4v) is 2.32. The lowest BCUT2D eigenvalue weighted by Crippen LogP contribution is -2.20. The Bertz CT molecular complexity index is 928. The van der Waals surface area contributed by atoms with Crippen molar-refractivity contribution in [2.45, 2.75) is 0 Å². The van der Waals surface area contributed by atoms with Gasteiger partial charge in [0.1, 0.15) is 0 Å². The highest BCUT2D eigenvalue weighted by molar-refractivity contribution is 5.92. The molecule has 3 aromatic rings. The third-order valence-electron chi connectivity index (χ3n) is 3.57. The molecular weight excluding hydrogens is 332 g/mol. The van der Waals surface area contributed by atoms with Crippen LogP contribution in [0.25, 0.3) is 5.69 Å². The minimum absolute atomic E-state index is 0.177. The molecule has 26 heavy (non-hydrogen) atoms. The number of ether oxygens (including phenoxy) is 2. The molecule has 0 bridgehead atoms. The zero-order valence-corrected chi connectivity index (χ0v) is 14.0. The van der Waals surface area contributed by atoms with Crippen molar-refractivity contribution in [3.63, 3.8) is 0 Å². The molecule has 0 aliphatic heterocycles. The number of anilines is 1. The first-order chi connectivity index (χ1) is 12.7. The Morgan fingerprint density at radius 3 is 2.69 bits per heavy atom. The summed E-state index contributed by atoms with van der Waals surface area (Å²) in [6.45, 7) is -0.177. The molecule has 0 radical (unpaired) electrons. The number of hydrogen-bond acceptors (Lipinski definition) is 5. The van der Waals surface area contributed by atoms with Gasteiger partial charge in [0.25, 0.3) is 5.91 Å². The Morgan fingerprint density at radius 2 is 2.04 bits per heavy atom. The van der Waals surface area contributed by atoms with Gasteiger partial charge in [0.05, 0.1) is 24.4 Å². The minimum Gasteiger partial charge on any atom is -0.493 e. The number of rotatable bonds is 6. The fraction of sp³-hybridized carbons (Fsp3) is 0.105. The summed E-state index contributed by atoms with van der Waals surface area (Å²) in [5, 5.41) is 15.8. The van der Waals surface area contributed by atoms with Crippen molar-refractivity contribution in [2.24, 2.45) is 0 Å². The van der Waals surface area contributed by atoms with Crippen LogP contribution in [0.1, 0.15) is 5.56 Å². The van der Waals surface area contributed by atoms with Crippen molar-refractivity contribution in [1.82, 2.24) is 9.78 Å². The predicted octanol–water partition coefficient (Wildman–Crippen LogP) is 2.77. The van der Waals surface area contributed by atoms with Crippen LogP contribution in [0.3, 0.4) is 0 Å². The van der Waals surface area contributed by atoms with Gasteiger partial charge in [-0.25, -0.2) is 4.68 Å². The number of carbonyl (C=O) groups excluding carboxylic acids is 1. The molecule has 0 saturated heterocycles. The minimum atomic E-state index is -0.303. The van der Waals surface area contributed by atoms with Gasteiger partial charge in [0.2, 0.25) is 0 Å². The quantitative estimate of drug-likeness (QED) is 0.740. The van der Waals surface area contributed by atoms with Gasteiger partial charge in [-0.1, -0.05) is 0 Å². The molecule has 0 aliphatic rings. The number of nitrogens with zero attached hydrogens (tertiary/aromatic N) is 3. The number of hydrogen-bond donors (Lipinski definition) is 1. The lowest BCUT2D eigenvalue weighted by atomic mass is 10.2. The molecule has 7 nitrogen and oxygen atoms in total. The van der Waals surface area contributed by atoms with Crippen LogP contribution < -0.4 is 14.8 Å². The second-order valence-corrected chi connectivity index (χ2v) is 5.31. The number of carbonyl (C=O) groups is 1. The van der Waals surface area contributed by atoms with Crippen LogP contribution in [0.2, 0.25) is 0 Å². The Morgan fingerprint density at radius 1 is 1.23 bits per heavy atom. The smallest absolute Gasteiger partial charge is 0.262 e. The third kappa shape index (κ3) is 3.99. The largest absolute Gasteiger partial charge is 0.493 e. The number of amides is 1. The molecule has 3 rings (SSSR count). The van der Waals surface area contributed by atoms with Gasteiger partial charge in [-0.05, 0) is 42.5 Å². The predicted molar refractivity (Wildman–Crippen MR) is 95.4 cm³/mol. The molecule has 0 saturated carbocycles. The molecule has 1 aromatic heterocycles. The lowest BCUT2D eigenvalue weighted by Gasteiger charge is -2.11. The maximum absolute atomic E-state index is 12.1. The molecule has 2 aromatic carbocycles. The summed E-state index contributed by atoms with van der Waals surface area (Å²) in [6, 6.07) is 15.9. The number of nitriles is 1. The van der Waals surface area contributed by atoms with Gasteiger partial charge in [0.15, 0.2) is 18.1 Å². The first-order valence-electron chi connectivity index (χ1n) is 7.80. The summed E-state index contributed by atoms with van der Waals surface area (Å²) >= 11 is 0. The van der Waals surface area contributed by atoms with Crippen LogP contribution in [0.4, 0.5) is 5.69 Å². The highest BCUT2D eigenvalue weighted by Gasteiger charge is 2.09. The Kier molecular flexibility index (Phi) is 5.15. The second-order valence-electron chi connectivity index (χ2n) is 5.31. The van der Waals surface area contributed by atoms with E-state index >= 15 is 0 Å². The van der Waals surface area contributed by atoms with Crippen molar-refractivity contribution in [1.29, 1.82) is 5.26 Å². The zero-order valence-electron chi connectivity index (χ0n) is 14.0.